The van der Waals surface area contributed by atoms with E-state index in [1.54, 1.807) is 0 Å². The number of rotatable bonds is 7. The van der Waals surface area contributed by atoms with Crippen LogP contribution >= 0.6 is 11.8 Å². The Morgan fingerprint density at radius 1 is 1.18 bits per heavy atom. The summed E-state index contributed by atoms with van der Waals surface area (Å²) in [5, 5.41) is 12.5. The lowest BCUT2D eigenvalue weighted by Crippen LogP contribution is -2.44. The van der Waals surface area contributed by atoms with Gasteiger partial charge in [-0.3, -0.25) is 5.32 Å². The Bertz CT molecular complexity index is 250. The van der Waals surface area contributed by atoms with Crippen LogP contribution in [-0.4, -0.2) is 22.1 Å². The van der Waals surface area contributed by atoms with Gasteiger partial charge in [0.2, 0.25) is 0 Å². The first-order valence-corrected chi connectivity index (χ1v) is 7.50. The lowest BCUT2D eigenvalue weighted by atomic mass is 9.96. The van der Waals surface area contributed by atoms with Gasteiger partial charge in [0.1, 0.15) is 5.54 Å². The molecule has 0 saturated heterocycles. The van der Waals surface area contributed by atoms with Crippen LogP contribution in [0, 0.1) is 11.3 Å². The summed E-state index contributed by atoms with van der Waals surface area (Å²) in [6, 6.07) is 2.76. The van der Waals surface area contributed by atoms with Crippen LogP contribution in [0.1, 0.15) is 60.8 Å². The minimum atomic E-state index is -0.361. The molecule has 0 heterocycles. The number of thioether (sulfide) groups is 1. The van der Waals surface area contributed by atoms with Crippen LogP contribution in [0.2, 0.25) is 0 Å². The van der Waals surface area contributed by atoms with Gasteiger partial charge in [-0.05, 0) is 45.8 Å². The fourth-order valence-corrected chi connectivity index (χ4v) is 2.72. The van der Waals surface area contributed by atoms with E-state index in [9.17, 15) is 5.26 Å². The minimum absolute atomic E-state index is 0.356. The Labute approximate surface area is 112 Å². The first-order valence-electron chi connectivity index (χ1n) is 6.51. The van der Waals surface area contributed by atoms with Crippen molar-refractivity contribution in [1.29, 1.82) is 5.26 Å². The molecular formula is C14H28N2S. The SMILES string of the molecule is CC(C)NC(C)(C#N)CCCCSC(C)(C)C. The van der Waals surface area contributed by atoms with Gasteiger partial charge in [-0.1, -0.05) is 20.8 Å². The van der Waals surface area contributed by atoms with Crippen molar-refractivity contribution < 1.29 is 0 Å². The van der Waals surface area contributed by atoms with Gasteiger partial charge in [0.05, 0.1) is 6.07 Å². The van der Waals surface area contributed by atoms with Crippen LogP contribution in [0.25, 0.3) is 0 Å². The Kier molecular flexibility index (Phi) is 7.20. The Balaban J connectivity index is 3.82. The van der Waals surface area contributed by atoms with Crippen LogP contribution in [0.3, 0.4) is 0 Å². The number of unbranched alkanes of at least 4 members (excludes halogenated alkanes) is 1. The second-order valence-corrected chi connectivity index (χ2v) is 8.08. The van der Waals surface area contributed by atoms with Gasteiger partial charge < -0.3 is 0 Å². The van der Waals surface area contributed by atoms with Crippen molar-refractivity contribution in [2.24, 2.45) is 0 Å². The van der Waals surface area contributed by atoms with E-state index in [4.69, 9.17) is 0 Å². The van der Waals surface area contributed by atoms with Gasteiger partial charge in [0.25, 0.3) is 0 Å². The van der Waals surface area contributed by atoms with Crippen LogP contribution in [-0.2, 0) is 0 Å². The van der Waals surface area contributed by atoms with Gasteiger partial charge in [0.15, 0.2) is 0 Å². The summed E-state index contributed by atoms with van der Waals surface area (Å²) >= 11 is 2.00. The van der Waals surface area contributed by atoms with Crippen LogP contribution < -0.4 is 5.32 Å². The first kappa shape index (κ1) is 16.8. The molecule has 0 amide bonds. The van der Waals surface area contributed by atoms with Crippen LogP contribution in [0.5, 0.6) is 0 Å². The van der Waals surface area contributed by atoms with Crippen molar-refractivity contribution in [1.82, 2.24) is 5.32 Å². The lowest BCUT2D eigenvalue weighted by molar-refractivity contribution is 0.372. The number of hydrogen-bond acceptors (Lipinski definition) is 3. The highest BCUT2D eigenvalue weighted by Gasteiger charge is 2.23. The smallest absolute Gasteiger partial charge is 0.104 e. The molecule has 100 valence electrons. The summed E-state index contributed by atoms with van der Waals surface area (Å²) in [5.74, 6) is 1.19. The van der Waals surface area contributed by atoms with Crippen LogP contribution in [0.4, 0.5) is 0 Å². The minimum Gasteiger partial charge on any atom is -0.297 e. The lowest BCUT2D eigenvalue weighted by Gasteiger charge is -2.26. The average Bonchev–Trinajstić information content (AvgIpc) is 2.14. The summed E-state index contributed by atoms with van der Waals surface area (Å²) in [4.78, 5) is 0. The van der Waals surface area contributed by atoms with Crippen molar-refractivity contribution in [2.75, 3.05) is 5.75 Å². The van der Waals surface area contributed by atoms with Gasteiger partial charge in [-0.25, -0.2) is 0 Å². The fourth-order valence-electron chi connectivity index (χ4n) is 1.76. The molecular weight excluding hydrogens is 228 g/mol. The highest BCUT2D eigenvalue weighted by atomic mass is 32.2. The highest BCUT2D eigenvalue weighted by Crippen LogP contribution is 2.25. The molecule has 0 aliphatic heterocycles. The van der Waals surface area contributed by atoms with Crippen molar-refractivity contribution in [3.63, 3.8) is 0 Å². The second-order valence-electron chi connectivity index (χ2n) is 6.16. The molecule has 0 saturated carbocycles. The van der Waals surface area contributed by atoms with E-state index < -0.39 is 0 Å². The Morgan fingerprint density at radius 2 is 1.76 bits per heavy atom. The van der Waals surface area contributed by atoms with Gasteiger partial charge >= 0.3 is 0 Å². The molecule has 1 N–H and O–H groups in total. The molecule has 0 aromatic rings. The molecule has 0 fully saturated rings. The van der Waals surface area contributed by atoms with Gasteiger partial charge in [-0.2, -0.15) is 17.0 Å². The third-order valence-electron chi connectivity index (χ3n) is 2.46. The van der Waals surface area contributed by atoms with E-state index in [1.807, 2.05) is 18.7 Å². The summed E-state index contributed by atoms with van der Waals surface area (Å²) in [5.41, 5.74) is -0.361. The zero-order valence-electron chi connectivity index (χ0n) is 12.3. The van der Waals surface area contributed by atoms with E-state index in [0.717, 1.165) is 12.8 Å². The molecule has 1 unspecified atom stereocenters. The van der Waals surface area contributed by atoms with E-state index in [-0.39, 0.29) is 5.54 Å². The maximum Gasteiger partial charge on any atom is 0.104 e. The molecule has 0 aliphatic rings. The molecule has 0 aliphatic carbocycles. The summed E-state index contributed by atoms with van der Waals surface area (Å²) < 4.78 is 0.356. The van der Waals surface area contributed by atoms with Crippen molar-refractivity contribution in [3.8, 4) is 6.07 Å². The molecule has 1 atom stereocenters. The quantitative estimate of drug-likeness (QED) is 0.700. The summed E-state index contributed by atoms with van der Waals surface area (Å²) in [7, 11) is 0. The van der Waals surface area contributed by atoms with Crippen molar-refractivity contribution in [2.45, 2.75) is 77.1 Å². The highest BCUT2D eigenvalue weighted by molar-refractivity contribution is 8.00. The fraction of sp³-hybridized carbons (Fsp3) is 0.929. The first-order chi connectivity index (χ1) is 7.68. The van der Waals surface area contributed by atoms with E-state index in [1.165, 1.54) is 12.2 Å². The predicted molar refractivity (Wildman–Crippen MR) is 78.4 cm³/mol. The second kappa shape index (κ2) is 7.28. The normalized spacial score (nSPS) is 15.6. The number of hydrogen-bond donors (Lipinski definition) is 1. The molecule has 2 nitrogen and oxygen atoms in total. The van der Waals surface area contributed by atoms with E-state index >= 15 is 0 Å². The summed E-state index contributed by atoms with van der Waals surface area (Å²) in [6.45, 7) is 12.9. The molecule has 0 spiro atoms. The molecule has 0 rings (SSSR count). The zero-order chi connectivity index (χ0) is 13.5. The number of nitriles is 1. The molecule has 0 radical (unpaired) electrons. The molecule has 0 aromatic heterocycles. The third-order valence-corrected chi connectivity index (χ3v) is 3.82. The zero-order valence-corrected chi connectivity index (χ0v) is 13.1. The number of nitrogens with zero attached hydrogens (tertiary/aromatic N) is 1. The molecule has 3 heteroatoms. The molecule has 0 aromatic carbocycles. The Hall–Kier alpha value is -0.200. The third kappa shape index (κ3) is 9.50. The standard InChI is InChI=1S/C14H28N2S/c1-12(2)16-14(6,11-15)9-7-8-10-17-13(3,4)5/h12,16H,7-10H2,1-6H3. The molecule has 17 heavy (non-hydrogen) atoms. The van der Waals surface area contributed by atoms with Gasteiger partial charge in [-0.15, -0.1) is 0 Å². The van der Waals surface area contributed by atoms with Crippen molar-refractivity contribution >= 4 is 11.8 Å². The Morgan fingerprint density at radius 3 is 2.18 bits per heavy atom. The monoisotopic (exact) mass is 256 g/mol. The van der Waals surface area contributed by atoms with Crippen molar-refractivity contribution in [3.05, 3.63) is 0 Å². The predicted octanol–water partition coefficient (Wildman–Crippen LogP) is 3.97. The largest absolute Gasteiger partial charge is 0.297 e. The van der Waals surface area contributed by atoms with Crippen LogP contribution in [0.15, 0.2) is 0 Å². The van der Waals surface area contributed by atoms with Gasteiger partial charge in [0, 0.05) is 10.8 Å². The number of nitrogens with one attached hydrogen (secondary N) is 1. The molecule has 0 bridgehead atoms. The average molecular weight is 256 g/mol. The summed E-state index contributed by atoms with van der Waals surface area (Å²) in [6.07, 6.45) is 3.25. The van der Waals surface area contributed by atoms with E-state index in [0.29, 0.717) is 10.8 Å². The maximum atomic E-state index is 9.20. The topological polar surface area (TPSA) is 35.8 Å². The van der Waals surface area contributed by atoms with E-state index in [2.05, 4.69) is 46.0 Å². The maximum absolute atomic E-state index is 9.20.